The molecule has 0 saturated carbocycles. The predicted molar refractivity (Wildman–Crippen MR) is 78.0 cm³/mol. The first-order chi connectivity index (χ1) is 10.6. The van der Waals surface area contributed by atoms with Crippen LogP contribution >= 0.6 is 11.6 Å². The van der Waals surface area contributed by atoms with Gasteiger partial charge in [0.05, 0.1) is 17.3 Å². The third-order valence-electron chi connectivity index (χ3n) is 2.37. The van der Waals surface area contributed by atoms with E-state index < -0.39 is 16.7 Å². The lowest BCUT2D eigenvalue weighted by Gasteiger charge is -2.05. The van der Waals surface area contributed by atoms with Crippen LogP contribution in [0.2, 0.25) is 5.02 Å². The van der Waals surface area contributed by atoms with Crippen LogP contribution in [0.25, 0.3) is 0 Å². The van der Waals surface area contributed by atoms with E-state index >= 15 is 0 Å². The van der Waals surface area contributed by atoms with E-state index in [-0.39, 0.29) is 12.4 Å². The number of furan rings is 1. The second kappa shape index (κ2) is 7.23. The number of halogens is 1. The number of hydrogen-bond acceptors (Lipinski definition) is 6. The number of amides is 1. The Labute approximate surface area is 129 Å². The first-order valence-electron chi connectivity index (χ1n) is 5.99. The molecule has 0 unspecified atom stereocenters. The Balaban J connectivity index is 1.81. The Kier molecular flexibility index (Phi) is 5.10. The zero-order valence-electron chi connectivity index (χ0n) is 11.1. The first-order valence-corrected chi connectivity index (χ1v) is 6.37. The number of benzene rings is 1. The summed E-state index contributed by atoms with van der Waals surface area (Å²) in [6.07, 6.45) is 1.14. The van der Waals surface area contributed by atoms with Gasteiger partial charge in [0.2, 0.25) is 0 Å². The molecule has 8 nitrogen and oxygen atoms in total. The highest BCUT2D eigenvalue weighted by molar-refractivity contribution is 6.32. The Morgan fingerprint density at radius 1 is 1.41 bits per heavy atom. The molecule has 22 heavy (non-hydrogen) atoms. The van der Waals surface area contributed by atoms with Crippen molar-refractivity contribution in [3.8, 4) is 5.75 Å². The van der Waals surface area contributed by atoms with E-state index in [0.29, 0.717) is 10.8 Å². The van der Waals surface area contributed by atoms with Crippen molar-refractivity contribution in [2.45, 2.75) is 0 Å². The average Bonchev–Trinajstić information content (AvgIpc) is 2.95. The minimum Gasteiger partial charge on any atom is -0.482 e. The van der Waals surface area contributed by atoms with Gasteiger partial charge in [-0.05, 0) is 18.2 Å². The molecule has 1 amide bonds. The summed E-state index contributed by atoms with van der Waals surface area (Å²) in [7, 11) is 0. The van der Waals surface area contributed by atoms with E-state index in [9.17, 15) is 14.9 Å². The molecule has 1 N–H and O–H groups in total. The van der Waals surface area contributed by atoms with Crippen LogP contribution < -0.4 is 10.2 Å². The van der Waals surface area contributed by atoms with E-state index in [1.54, 1.807) is 24.3 Å². The van der Waals surface area contributed by atoms with Crippen molar-refractivity contribution in [1.29, 1.82) is 0 Å². The quantitative estimate of drug-likeness (QED) is 0.499. The monoisotopic (exact) mass is 323 g/mol. The molecule has 2 rings (SSSR count). The normalized spacial score (nSPS) is 10.6. The summed E-state index contributed by atoms with van der Waals surface area (Å²) in [5, 5.41) is 14.4. The van der Waals surface area contributed by atoms with Crippen LogP contribution in [-0.2, 0) is 4.79 Å². The lowest BCUT2D eigenvalue weighted by atomic mass is 10.3. The van der Waals surface area contributed by atoms with Gasteiger partial charge in [-0.2, -0.15) is 5.10 Å². The summed E-state index contributed by atoms with van der Waals surface area (Å²) in [6.45, 7) is -0.278. The third-order valence-corrected chi connectivity index (χ3v) is 2.68. The number of nitrogens with one attached hydrogen (secondary N) is 1. The van der Waals surface area contributed by atoms with Crippen molar-refractivity contribution in [3.05, 3.63) is 57.3 Å². The summed E-state index contributed by atoms with van der Waals surface area (Å²) in [5.74, 6) is -0.406. The van der Waals surface area contributed by atoms with Gasteiger partial charge in [-0.1, -0.05) is 23.7 Å². The third kappa shape index (κ3) is 4.32. The minimum atomic E-state index is -0.673. The van der Waals surface area contributed by atoms with Crippen LogP contribution in [-0.4, -0.2) is 23.7 Å². The standard InChI is InChI=1S/C13H10ClN3O5/c14-10-3-1-2-4-11(10)21-8-12(18)16-15-7-9-5-6-13(22-9)17(19)20/h1-7H,8H2,(H,16,18)/b15-7-. The number of hydrogen-bond donors (Lipinski definition) is 1. The SMILES string of the molecule is O=C(COc1ccccc1Cl)N/N=C\c1ccc([N+](=O)[O-])o1. The lowest BCUT2D eigenvalue weighted by molar-refractivity contribution is -0.402. The Morgan fingerprint density at radius 2 is 2.18 bits per heavy atom. The van der Waals surface area contributed by atoms with E-state index in [2.05, 4.69) is 10.5 Å². The molecule has 114 valence electrons. The largest absolute Gasteiger partial charge is 0.482 e. The maximum absolute atomic E-state index is 11.5. The molecule has 0 aliphatic rings. The van der Waals surface area contributed by atoms with Crippen LogP contribution in [0.15, 0.2) is 45.9 Å². The summed E-state index contributed by atoms with van der Waals surface area (Å²) in [6, 6.07) is 9.26. The molecule has 0 aliphatic heterocycles. The van der Waals surface area contributed by atoms with Crippen molar-refractivity contribution < 1.29 is 18.9 Å². The minimum absolute atomic E-state index is 0.138. The van der Waals surface area contributed by atoms with E-state index in [0.717, 1.165) is 6.21 Å². The van der Waals surface area contributed by atoms with Gasteiger partial charge in [0.15, 0.2) is 12.4 Å². The molecular formula is C13H10ClN3O5. The zero-order chi connectivity index (χ0) is 15.9. The molecule has 1 aromatic carbocycles. The van der Waals surface area contributed by atoms with Crippen molar-refractivity contribution in [3.63, 3.8) is 0 Å². The first kappa shape index (κ1) is 15.5. The fraction of sp³-hybridized carbons (Fsp3) is 0.0769. The molecule has 0 spiro atoms. The van der Waals surface area contributed by atoms with Crippen LogP contribution in [0.3, 0.4) is 0 Å². The molecule has 2 aromatic rings. The maximum Gasteiger partial charge on any atom is 0.433 e. The van der Waals surface area contributed by atoms with Gasteiger partial charge in [0.25, 0.3) is 5.91 Å². The second-order valence-corrected chi connectivity index (χ2v) is 4.35. The molecule has 0 bridgehead atoms. The molecule has 0 fully saturated rings. The number of carbonyl (C=O) groups is 1. The van der Waals surface area contributed by atoms with E-state index in [4.69, 9.17) is 20.8 Å². The number of carbonyl (C=O) groups excluding carboxylic acids is 1. The van der Waals surface area contributed by atoms with Crippen molar-refractivity contribution in [2.75, 3.05) is 6.61 Å². The Hall–Kier alpha value is -2.87. The topological polar surface area (TPSA) is 107 Å². The van der Waals surface area contributed by atoms with E-state index in [1.165, 1.54) is 12.1 Å². The number of para-hydroxylation sites is 1. The maximum atomic E-state index is 11.5. The highest BCUT2D eigenvalue weighted by Gasteiger charge is 2.10. The molecule has 0 aliphatic carbocycles. The molecular weight excluding hydrogens is 314 g/mol. The molecule has 0 atom stereocenters. The number of hydrazone groups is 1. The van der Waals surface area contributed by atoms with Gasteiger partial charge in [-0.25, -0.2) is 5.43 Å². The summed E-state index contributed by atoms with van der Waals surface area (Å²) in [5.41, 5.74) is 2.19. The second-order valence-electron chi connectivity index (χ2n) is 3.95. The fourth-order valence-electron chi connectivity index (χ4n) is 1.41. The van der Waals surface area contributed by atoms with Crippen LogP contribution in [0.1, 0.15) is 5.76 Å². The number of ether oxygens (including phenoxy) is 1. The van der Waals surface area contributed by atoms with Gasteiger partial charge in [0, 0.05) is 0 Å². The lowest BCUT2D eigenvalue weighted by Crippen LogP contribution is -2.24. The fourth-order valence-corrected chi connectivity index (χ4v) is 1.61. The van der Waals surface area contributed by atoms with Crippen molar-refractivity contribution in [2.24, 2.45) is 5.10 Å². The van der Waals surface area contributed by atoms with Gasteiger partial charge in [0.1, 0.15) is 10.7 Å². The van der Waals surface area contributed by atoms with Gasteiger partial charge < -0.3 is 9.15 Å². The van der Waals surface area contributed by atoms with Crippen LogP contribution in [0.4, 0.5) is 5.88 Å². The predicted octanol–water partition coefficient (Wildman–Crippen LogP) is 2.37. The smallest absolute Gasteiger partial charge is 0.433 e. The molecule has 0 saturated heterocycles. The number of rotatable bonds is 6. The van der Waals surface area contributed by atoms with Crippen LogP contribution in [0, 0.1) is 10.1 Å². The number of nitrogens with zero attached hydrogens (tertiary/aromatic N) is 2. The van der Waals surface area contributed by atoms with E-state index in [1.807, 2.05) is 0 Å². The molecule has 1 heterocycles. The zero-order valence-corrected chi connectivity index (χ0v) is 11.8. The number of nitro groups is 1. The van der Waals surface area contributed by atoms with Crippen molar-refractivity contribution >= 4 is 29.6 Å². The molecule has 0 radical (unpaired) electrons. The Morgan fingerprint density at radius 3 is 2.86 bits per heavy atom. The van der Waals surface area contributed by atoms with Gasteiger partial charge in [-0.3, -0.25) is 14.9 Å². The van der Waals surface area contributed by atoms with Crippen LogP contribution in [0.5, 0.6) is 5.75 Å². The average molecular weight is 324 g/mol. The van der Waals surface area contributed by atoms with Gasteiger partial charge in [-0.15, -0.1) is 0 Å². The highest BCUT2D eigenvalue weighted by atomic mass is 35.5. The summed E-state index contributed by atoms with van der Waals surface area (Å²) in [4.78, 5) is 21.2. The summed E-state index contributed by atoms with van der Waals surface area (Å²) < 4.78 is 10.0. The van der Waals surface area contributed by atoms with Gasteiger partial charge >= 0.3 is 5.88 Å². The Bertz CT molecular complexity index is 713. The van der Waals surface area contributed by atoms with Crippen molar-refractivity contribution in [1.82, 2.24) is 5.43 Å². The summed E-state index contributed by atoms with van der Waals surface area (Å²) >= 11 is 5.87. The molecule has 9 heteroatoms. The highest BCUT2D eigenvalue weighted by Crippen LogP contribution is 2.22. The molecule has 1 aromatic heterocycles.